The molecule has 1 aliphatic rings. The molecule has 1 aromatic heterocycles. The third kappa shape index (κ3) is 1.98. The van der Waals surface area contributed by atoms with Crippen molar-refractivity contribution in [3.8, 4) is 0 Å². The van der Waals surface area contributed by atoms with E-state index < -0.39 is 0 Å². The van der Waals surface area contributed by atoms with Crippen molar-refractivity contribution in [3.05, 3.63) is 30.2 Å². The summed E-state index contributed by atoms with van der Waals surface area (Å²) in [5.41, 5.74) is 6.30. The molecule has 3 nitrogen and oxygen atoms in total. The van der Waals surface area contributed by atoms with Gasteiger partial charge in [-0.3, -0.25) is 0 Å². The molecule has 0 spiro atoms. The summed E-state index contributed by atoms with van der Waals surface area (Å²) in [6.45, 7) is 0. The third-order valence-electron chi connectivity index (χ3n) is 3.57. The minimum absolute atomic E-state index is 0.317. The zero-order valence-corrected chi connectivity index (χ0v) is 10.1. The van der Waals surface area contributed by atoms with Gasteiger partial charge in [-0.1, -0.05) is 12.8 Å². The molecule has 1 heterocycles. The summed E-state index contributed by atoms with van der Waals surface area (Å²) >= 11 is 0. The summed E-state index contributed by atoms with van der Waals surface area (Å²) in [6, 6.07) is 5.12. The number of fused-ring (bicyclic) bond motifs is 1. The van der Waals surface area contributed by atoms with Gasteiger partial charge in [0.15, 0.2) is 0 Å². The standard InChI is InChI=1S/C14H16FN3/c15-9-7-12-11(13(16)8-9)5-6-17-14(12)18-10-3-1-2-4-10/h5-8,10H,1-4,16H2,(H,17,18). The maximum atomic E-state index is 13.5. The van der Waals surface area contributed by atoms with E-state index in [1.807, 2.05) is 6.07 Å². The van der Waals surface area contributed by atoms with E-state index in [0.29, 0.717) is 11.7 Å². The van der Waals surface area contributed by atoms with Gasteiger partial charge in [0.1, 0.15) is 11.6 Å². The van der Waals surface area contributed by atoms with Gasteiger partial charge in [0, 0.05) is 28.7 Å². The Bertz CT molecular complexity index is 577. The van der Waals surface area contributed by atoms with Crippen molar-refractivity contribution >= 4 is 22.3 Å². The molecule has 1 aliphatic carbocycles. The SMILES string of the molecule is Nc1cc(F)cc2c(NC3CCCC3)nccc12. The smallest absolute Gasteiger partial charge is 0.134 e. The van der Waals surface area contributed by atoms with Crippen LogP contribution in [0, 0.1) is 5.82 Å². The molecule has 3 rings (SSSR count). The first-order valence-electron chi connectivity index (χ1n) is 6.34. The predicted molar refractivity (Wildman–Crippen MR) is 72.0 cm³/mol. The van der Waals surface area contributed by atoms with E-state index in [0.717, 1.165) is 29.4 Å². The minimum Gasteiger partial charge on any atom is -0.398 e. The number of rotatable bonds is 2. The number of halogens is 1. The second-order valence-electron chi connectivity index (χ2n) is 4.88. The molecular weight excluding hydrogens is 229 g/mol. The number of nitrogens with one attached hydrogen (secondary N) is 1. The van der Waals surface area contributed by atoms with Crippen LogP contribution in [0.25, 0.3) is 10.8 Å². The number of benzene rings is 1. The number of nitrogens with two attached hydrogens (primary N) is 1. The lowest BCUT2D eigenvalue weighted by molar-refractivity contribution is 0.630. The molecule has 18 heavy (non-hydrogen) atoms. The van der Waals surface area contributed by atoms with Gasteiger partial charge in [-0.2, -0.15) is 0 Å². The highest BCUT2D eigenvalue weighted by Gasteiger charge is 2.16. The first-order chi connectivity index (χ1) is 8.74. The number of nitrogens with zero attached hydrogens (tertiary/aromatic N) is 1. The molecule has 94 valence electrons. The molecule has 1 fully saturated rings. The molecule has 4 heteroatoms. The van der Waals surface area contributed by atoms with E-state index in [2.05, 4.69) is 10.3 Å². The Hall–Kier alpha value is -1.84. The van der Waals surface area contributed by atoms with E-state index >= 15 is 0 Å². The zero-order valence-electron chi connectivity index (χ0n) is 10.1. The zero-order chi connectivity index (χ0) is 12.5. The van der Waals surface area contributed by atoms with Crippen LogP contribution in [-0.4, -0.2) is 11.0 Å². The summed E-state index contributed by atoms with van der Waals surface area (Å²) in [5, 5.41) is 5.02. The van der Waals surface area contributed by atoms with Crippen LogP contribution in [-0.2, 0) is 0 Å². The lowest BCUT2D eigenvalue weighted by Gasteiger charge is -2.15. The molecule has 2 aromatic rings. The van der Waals surface area contributed by atoms with Crippen LogP contribution in [0.5, 0.6) is 0 Å². The first kappa shape index (κ1) is 11.3. The van der Waals surface area contributed by atoms with Crippen LogP contribution in [0.4, 0.5) is 15.9 Å². The highest BCUT2D eigenvalue weighted by atomic mass is 19.1. The molecule has 0 amide bonds. The monoisotopic (exact) mass is 245 g/mol. The fraction of sp³-hybridized carbons (Fsp3) is 0.357. The summed E-state index contributed by atoms with van der Waals surface area (Å²) in [5.74, 6) is 0.424. The lowest BCUT2D eigenvalue weighted by atomic mass is 10.1. The molecule has 0 saturated heterocycles. The molecule has 0 radical (unpaired) electrons. The van der Waals surface area contributed by atoms with Gasteiger partial charge in [-0.05, 0) is 31.0 Å². The lowest BCUT2D eigenvalue weighted by Crippen LogP contribution is -2.15. The Balaban J connectivity index is 2.05. The Morgan fingerprint density at radius 3 is 2.78 bits per heavy atom. The molecule has 3 N–H and O–H groups in total. The summed E-state index contributed by atoms with van der Waals surface area (Å²) < 4.78 is 13.5. The Labute approximate surface area is 105 Å². The van der Waals surface area contributed by atoms with Crippen molar-refractivity contribution in [2.45, 2.75) is 31.7 Å². The predicted octanol–water partition coefficient (Wildman–Crippen LogP) is 3.31. The second-order valence-corrected chi connectivity index (χ2v) is 4.88. The number of hydrogen-bond donors (Lipinski definition) is 2. The minimum atomic E-state index is -0.317. The summed E-state index contributed by atoms with van der Waals surface area (Å²) in [4.78, 5) is 4.32. The molecule has 0 aliphatic heterocycles. The van der Waals surface area contributed by atoms with Gasteiger partial charge in [-0.25, -0.2) is 9.37 Å². The molecule has 1 aromatic carbocycles. The molecule has 0 atom stereocenters. The quantitative estimate of drug-likeness (QED) is 0.798. The van der Waals surface area contributed by atoms with E-state index in [1.54, 1.807) is 6.20 Å². The second kappa shape index (κ2) is 4.44. The Morgan fingerprint density at radius 2 is 2.00 bits per heavy atom. The fourth-order valence-electron chi connectivity index (χ4n) is 2.66. The van der Waals surface area contributed by atoms with Gasteiger partial charge in [0.05, 0.1) is 0 Å². The summed E-state index contributed by atoms with van der Waals surface area (Å²) in [7, 11) is 0. The highest BCUT2D eigenvalue weighted by Crippen LogP contribution is 2.29. The third-order valence-corrected chi connectivity index (χ3v) is 3.57. The van der Waals surface area contributed by atoms with Crippen LogP contribution < -0.4 is 11.1 Å². The first-order valence-corrected chi connectivity index (χ1v) is 6.34. The summed E-state index contributed by atoms with van der Waals surface area (Å²) in [6.07, 6.45) is 6.53. The van der Waals surface area contributed by atoms with Crippen LogP contribution >= 0.6 is 0 Å². The van der Waals surface area contributed by atoms with Crippen molar-refractivity contribution < 1.29 is 4.39 Å². The van der Waals surface area contributed by atoms with Gasteiger partial charge in [0.2, 0.25) is 0 Å². The number of nitrogen functional groups attached to an aromatic ring is 1. The molecule has 0 unspecified atom stereocenters. The Kier molecular flexibility index (Phi) is 2.78. The maximum Gasteiger partial charge on any atom is 0.134 e. The van der Waals surface area contributed by atoms with E-state index in [1.165, 1.54) is 25.0 Å². The van der Waals surface area contributed by atoms with Gasteiger partial charge in [-0.15, -0.1) is 0 Å². The average molecular weight is 245 g/mol. The molecule has 0 bridgehead atoms. The van der Waals surface area contributed by atoms with Gasteiger partial charge >= 0.3 is 0 Å². The largest absolute Gasteiger partial charge is 0.398 e. The number of anilines is 2. The number of pyridine rings is 1. The van der Waals surface area contributed by atoms with Crippen molar-refractivity contribution in [1.82, 2.24) is 4.98 Å². The van der Waals surface area contributed by atoms with Crippen molar-refractivity contribution in [2.75, 3.05) is 11.1 Å². The van der Waals surface area contributed by atoms with Crippen molar-refractivity contribution in [3.63, 3.8) is 0 Å². The van der Waals surface area contributed by atoms with Gasteiger partial charge in [0.25, 0.3) is 0 Å². The van der Waals surface area contributed by atoms with Crippen molar-refractivity contribution in [2.24, 2.45) is 0 Å². The average Bonchev–Trinajstić information content (AvgIpc) is 2.83. The van der Waals surface area contributed by atoms with E-state index in [9.17, 15) is 4.39 Å². The van der Waals surface area contributed by atoms with Crippen LogP contribution in [0.3, 0.4) is 0 Å². The van der Waals surface area contributed by atoms with E-state index in [-0.39, 0.29) is 5.82 Å². The van der Waals surface area contributed by atoms with Crippen LogP contribution in [0.15, 0.2) is 24.4 Å². The molecule has 1 saturated carbocycles. The van der Waals surface area contributed by atoms with Crippen LogP contribution in [0.2, 0.25) is 0 Å². The highest BCUT2D eigenvalue weighted by molar-refractivity contribution is 5.99. The maximum absolute atomic E-state index is 13.5. The normalized spacial score (nSPS) is 16.3. The number of hydrogen-bond acceptors (Lipinski definition) is 3. The topological polar surface area (TPSA) is 50.9 Å². The van der Waals surface area contributed by atoms with Crippen LogP contribution in [0.1, 0.15) is 25.7 Å². The molecular formula is C14H16FN3. The van der Waals surface area contributed by atoms with Crippen molar-refractivity contribution in [1.29, 1.82) is 0 Å². The van der Waals surface area contributed by atoms with Gasteiger partial charge < -0.3 is 11.1 Å². The number of aromatic nitrogens is 1. The fourth-order valence-corrected chi connectivity index (χ4v) is 2.66. The Morgan fingerprint density at radius 1 is 1.22 bits per heavy atom. The van der Waals surface area contributed by atoms with E-state index in [4.69, 9.17) is 5.73 Å².